The molecule has 3 rings (SSSR count). The highest BCUT2D eigenvalue weighted by Crippen LogP contribution is 2.35. The first-order valence-corrected chi connectivity index (χ1v) is 8.76. The Morgan fingerprint density at radius 2 is 2.17 bits per heavy atom. The molecule has 0 spiro atoms. The van der Waals surface area contributed by atoms with Gasteiger partial charge in [-0.15, -0.1) is 11.6 Å². The molecule has 1 fully saturated rings. The number of carbonyl (C=O) groups is 1. The van der Waals surface area contributed by atoms with Crippen LogP contribution in [0.1, 0.15) is 12.8 Å². The zero-order valence-electron chi connectivity index (χ0n) is 13.9. The number of nitrogens with one attached hydrogen (secondary N) is 1. The van der Waals surface area contributed by atoms with Gasteiger partial charge in [-0.2, -0.15) is 0 Å². The van der Waals surface area contributed by atoms with Crippen LogP contribution in [0.5, 0.6) is 5.75 Å². The molecule has 1 amide bonds. The number of benzene rings is 1. The summed E-state index contributed by atoms with van der Waals surface area (Å²) in [7, 11) is 1.72. The molecule has 24 heavy (non-hydrogen) atoms. The van der Waals surface area contributed by atoms with E-state index in [2.05, 4.69) is 5.32 Å². The van der Waals surface area contributed by atoms with Gasteiger partial charge in [0.15, 0.2) is 0 Å². The summed E-state index contributed by atoms with van der Waals surface area (Å²) in [5.74, 6) is 1.13. The molecule has 1 atom stereocenters. The molecule has 3 N–H and O–H groups in total. The average Bonchev–Trinajstić information content (AvgIpc) is 2.73. The molecular weight excluding hydrogens is 330 g/mol. The molecule has 2 aliphatic heterocycles. The van der Waals surface area contributed by atoms with Gasteiger partial charge in [-0.3, -0.25) is 4.79 Å². The van der Waals surface area contributed by atoms with Gasteiger partial charge in [0.25, 0.3) is 0 Å². The molecule has 1 saturated heterocycles. The lowest BCUT2D eigenvalue weighted by Crippen LogP contribution is -2.43. The molecule has 1 aromatic rings. The van der Waals surface area contributed by atoms with Gasteiger partial charge in [-0.05, 0) is 31.0 Å². The monoisotopic (exact) mass is 353 g/mol. The summed E-state index contributed by atoms with van der Waals surface area (Å²) in [6.45, 7) is 2.47. The number of rotatable bonds is 4. The molecular formula is C17H24ClN3O3. The Bertz CT molecular complexity index is 605. The van der Waals surface area contributed by atoms with Crippen LogP contribution in [0.3, 0.4) is 0 Å². The molecule has 0 saturated carbocycles. The molecule has 132 valence electrons. The van der Waals surface area contributed by atoms with Gasteiger partial charge in [0.2, 0.25) is 5.91 Å². The summed E-state index contributed by atoms with van der Waals surface area (Å²) in [4.78, 5) is 13.8. The molecule has 0 unspecified atom stereocenters. The van der Waals surface area contributed by atoms with E-state index >= 15 is 0 Å². The Hall–Kier alpha value is -1.50. The second-order valence-electron chi connectivity index (χ2n) is 6.60. The summed E-state index contributed by atoms with van der Waals surface area (Å²) in [6.07, 6.45) is 1.90. The minimum Gasteiger partial charge on any atom is -0.489 e. The Labute approximate surface area is 147 Å². The average molecular weight is 354 g/mol. The van der Waals surface area contributed by atoms with Gasteiger partial charge in [0, 0.05) is 43.8 Å². The van der Waals surface area contributed by atoms with E-state index in [1.807, 2.05) is 18.2 Å². The van der Waals surface area contributed by atoms with Crippen molar-refractivity contribution in [3.05, 3.63) is 18.2 Å². The third-order valence-corrected chi connectivity index (χ3v) is 5.46. The highest BCUT2D eigenvalue weighted by atomic mass is 35.5. The third-order valence-electron chi connectivity index (χ3n) is 4.89. The smallest absolute Gasteiger partial charge is 0.247 e. The standard InChI is InChI=1S/C17H24ClN3O3/c1-21-14-8-12(2-3-15(14)24-9-13(19)16(21)22)20-11-17(10-18)4-6-23-7-5-17/h2-3,8,13,20H,4-7,9-11,19H2,1H3/t13-/m0/s1. The Morgan fingerprint density at radius 1 is 1.42 bits per heavy atom. The number of nitrogens with zero attached hydrogens (tertiary/aromatic N) is 1. The van der Waals surface area contributed by atoms with E-state index in [4.69, 9.17) is 26.8 Å². The van der Waals surface area contributed by atoms with E-state index in [0.29, 0.717) is 11.6 Å². The zero-order valence-corrected chi connectivity index (χ0v) is 14.6. The van der Waals surface area contributed by atoms with Crippen LogP contribution in [-0.4, -0.2) is 51.2 Å². The highest BCUT2D eigenvalue weighted by molar-refractivity contribution is 6.18. The fourth-order valence-corrected chi connectivity index (χ4v) is 3.44. The molecule has 0 bridgehead atoms. The molecule has 7 heteroatoms. The number of ether oxygens (including phenoxy) is 2. The Kier molecular flexibility index (Phi) is 5.18. The first-order chi connectivity index (χ1) is 11.5. The largest absolute Gasteiger partial charge is 0.489 e. The lowest BCUT2D eigenvalue weighted by molar-refractivity contribution is -0.119. The number of likely N-dealkylation sites (N-methyl/N-ethyl adjacent to an activating group) is 1. The predicted molar refractivity (Wildman–Crippen MR) is 95.0 cm³/mol. The van der Waals surface area contributed by atoms with E-state index in [9.17, 15) is 4.79 Å². The minimum atomic E-state index is -0.638. The summed E-state index contributed by atoms with van der Waals surface area (Å²) >= 11 is 6.22. The van der Waals surface area contributed by atoms with Crippen LogP contribution in [-0.2, 0) is 9.53 Å². The van der Waals surface area contributed by atoms with E-state index < -0.39 is 6.04 Å². The molecule has 0 radical (unpaired) electrons. The number of anilines is 2. The van der Waals surface area contributed by atoms with Gasteiger partial charge in [0.1, 0.15) is 18.4 Å². The zero-order chi connectivity index (χ0) is 17.2. The van der Waals surface area contributed by atoms with Gasteiger partial charge in [-0.25, -0.2) is 0 Å². The second kappa shape index (κ2) is 7.17. The SMILES string of the molecule is CN1C(=O)[C@@H](N)COc2ccc(NCC3(CCl)CCOCC3)cc21. The highest BCUT2D eigenvalue weighted by Gasteiger charge is 2.32. The lowest BCUT2D eigenvalue weighted by Gasteiger charge is -2.36. The van der Waals surface area contributed by atoms with Crippen LogP contribution >= 0.6 is 11.6 Å². The van der Waals surface area contributed by atoms with Gasteiger partial charge in [-0.1, -0.05) is 0 Å². The van der Waals surface area contributed by atoms with Gasteiger partial charge in [0.05, 0.1) is 5.69 Å². The minimum absolute atomic E-state index is 0.0488. The molecule has 1 aromatic carbocycles. The first-order valence-electron chi connectivity index (χ1n) is 8.22. The maximum Gasteiger partial charge on any atom is 0.247 e. The topological polar surface area (TPSA) is 76.8 Å². The van der Waals surface area contributed by atoms with Crippen LogP contribution in [0.2, 0.25) is 0 Å². The van der Waals surface area contributed by atoms with Crippen molar-refractivity contribution in [1.29, 1.82) is 0 Å². The summed E-state index contributed by atoms with van der Waals surface area (Å²) in [6, 6.07) is 5.11. The number of fused-ring (bicyclic) bond motifs is 1. The summed E-state index contributed by atoms with van der Waals surface area (Å²) in [5.41, 5.74) is 7.53. The first kappa shape index (κ1) is 17.3. The van der Waals surface area contributed by atoms with E-state index in [-0.39, 0.29) is 17.9 Å². The number of hydrogen-bond donors (Lipinski definition) is 2. The van der Waals surface area contributed by atoms with Gasteiger partial charge >= 0.3 is 0 Å². The normalized spacial score (nSPS) is 23.2. The van der Waals surface area contributed by atoms with Crippen LogP contribution < -0.4 is 20.7 Å². The van der Waals surface area contributed by atoms with Crippen molar-refractivity contribution in [2.24, 2.45) is 11.1 Å². The van der Waals surface area contributed by atoms with E-state index in [1.165, 1.54) is 0 Å². The molecule has 6 nitrogen and oxygen atoms in total. The van der Waals surface area contributed by atoms with Crippen molar-refractivity contribution in [2.45, 2.75) is 18.9 Å². The van der Waals surface area contributed by atoms with Crippen LogP contribution in [0.15, 0.2) is 18.2 Å². The van der Waals surface area contributed by atoms with Crippen LogP contribution in [0.4, 0.5) is 11.4 Å². The number of halogens is 1. The number of carbonyl (C=O) groups excluding carboxylic acids is 1. The fraction of sp³-hybridized carbons (Fsp3) is 0.588. The molecule has 2 aliphatic rings. The van der Waals surface area contributed by atoms with Crippen molar-refractivity contribution in [3.8, 4) is 5.75 Å². The van der Waals surface area contributed by atoms with Crippen LogP contribution in [0.25, 0.3) is 0 Å². The van der Waals surface area contributed by atoms with Gasteiger partial charge < -0.3 is 25.4 Å². The Balaban J connectivity index is 1.75. The maximum absolute atomic E-state index is 12.2. The quantitative estimate of drug-likeness (QED) is 0.807. The lowest BCUT2D eigenvalue weighted by atomic mass is 9.82. The summed E-state index contributed by atoms with van der Waals surface area (Å²) < 4.78 is 11.1. The number of nitrogens with two attached hydrogens (primary N) is 1. The van der Waals surface area contributed by atoms with Crippen molar-refractivity contribution in [2.75, 3.05) is 49.5 Å². The molecule has 0 aromatic heterocycles. The van der Waals surface area contributed by atoms with Crippen molar-refractivity contribution >= 4 is 28.9 Å². The number of amides is 1. The predicted octanol–water partition coefficient (Wildman–Crippen LogP) is 1.82. The molecule has 0 aliphatic carbocycles. The summed E-state index contributed by atoms with van der Waals surface area (Å²) in [5, 5.41) is 3.46. The van der Waals surface area contributed by atoms with Crippen LogP contribution in [0, 0.1) is 5.41 Å². The number of hydrogen-bond acceptors (Lipinski definition) is 5. The van der Waals surface area contributed by atoms with Crippen molar-refractivity contribution in [1.82, 2.24) is 0 Å². The molecule has 2 heterocycles. The second-order valence-corrected chi connectivity index (χ2v) is 6.86. The maximum atomic E-state index is 12.2. The Morgan fingerprint density at radius 3 is 2.88 bits per heavy atom. The number of alkyl halides is 1. The fourth-order valence-electron chi connectivity index (χ4n) is 3.08. The van der Waals surface area contributed by atoms with E-state index in [0.717, 1.165) is 44.0 Å². The van der Waals surface area contributed by atoms with Crippen molar-refractivity contribution < 1.29 is 14.3 Å². The van der Waals surface area contributed by atoms with E-state index in [1.54, 1.807) is 11.9 Å². The van der Waals surface area contributed by atoms with Crippen molar-refractivity contribution in [3.63, 3.8) is 0 Å². The third kappa shape index (κ3) is 3.45.